The fraction of sp³-hybridized carbons (Fsp3) is 0.417. The fourth-order valence-corrected chi connectivity index (χ4v) is 2.48. The number of nitrogens with zero attached hydrogens (tertiary/aromatic N) is 2. The van der Waals surface area contributed by atoms with Gasteiger partial charge in [-0.15, -0.1) is 0 Å². The Bertz CT molecular complexity index is 582. The van der Waals surface area contributed by atoms with Gasteiger partial charge in [-0.2, -0.15) is 0 Å². The molecule has 0 aliphatic rings. The summed E-state index contributed by atoms with van der Waals surface area (Å²) >= 11 is 0. The zero-order valence-corrected chi connectivity index (χ0v) is 12.6. The second-order valence-electron chi connectivity index (χ2n) is 4.55. The quantitative estimate of drug-likeness (QED) is 0.663. The number of halogens is 1. The van der Waals surface area contributed by atoms with Gasteiger partial charge in [0, 0.05) is 42.0 Å². The third kappa shape index (κ3) is 4.78. The van der Waals surface area contributed by atoms with Crippen LogP contribution in [0.1, 0.15) is 6.92 Å². The van der Waals surface area contributed by atoms with Crippen molar-refractivity contribution in [2.24, 2.45) is 0 Å². The van der Waals surface area contributed by atoms with E-state index in [0.29, 0.717) is 5.75 Å². The molecule has 0 aliphatic carbocycles. The molecule has 9 heteroatoms. The van der Waals surface area contributed by atoms with Crippen LogP contribution in [0.4, 0.5) is 20.6 Å². The van der Waals surface area contributed by atoms with E-state index >= 15 is 0 Å². The normalized spacial score (nSPS) is 13.3. The van der Waals surface area contributed by atoms with Gasteiger partial charge in [-0.05, 0) is 13.0 Å². The van der Waals surface area contributed by atoms with Crippen LogP contribution in [0.5, 0.6) is 0 Å². The van der Waals surface area contributed by atoms with Crippen LogP contribution >= 0.6 is 0 Å². The lowest BCUT2D eigenvalue weighted by molar-refractivity contribution is -0.385. The molecule has 2 unspecified atom stereocenters. The van der Waals surface area contributed by atoms with E-state index < -0.39 is 33.3 Å². The van der Waals surface area contributed by atoms with Crippen LogP contribution in [0.25, 0.3) is 0 Å². The molecule has 1 aromatic rings. The van der Waals surface area contributed by atoms with Crippen molar-refractivity contribution < 1.29 is 18.3 Å². The van der Waals surface area contributed by atoms with Gasteiger partial charge < -0.3 is 10.2 Å². The van der Waals surface area contributed by atoms with E-state index in [1.807, 2.05) is 0 Å². The van der Waals surface area contributed by atoms with Gasteiger partial charge in [-0.1, -0.05) is 0 Å². The van der Waals surface area contributed by atoms with Crippen molar-refractivity contribution in [3.8, 4) is 0 Å². The van der Waals surface area contributed by atoms with Crippen molar-refractivity contribution in [3.63, 3.8) is 0 Å². The topological polar surface area (TPSA) is 92.6 Å². The number of amides is 2. The molecule has 0 fully saturated rings. The average Bonchev–Trinajstić information content (AvgIpc) is 2.38. The van der Waals surface area contributed by atoms with Crippen LogP contribution in [-0.2, 0) is 10.8 Å². The van der Waals surface area contributed by atoms with Crippen molar-refractivity contribution in [1.29, 1.82) is 0 Å². The van der Waals surface area contributed by atoms with E-state index in [1.54, 1.807) is 6.92 Å². The SMILES string of the molecule is CC(CS(C)=O)N(C)C(=O)Nc1ccc([N+](=O)[O-])cc1F. The second-order valence-corrected chi connectivity index (χ2v) is 6.03. The second kappa shape index (κ2) is 7.11. The van der Waals surface area contributed by atoms with E-state index in [9.17, 15) is 23.5 Å². The minimum Gasteiger partial charge on any atom is -0.324 e. The molecule has 2 amide bonds. The van der Waals surface area contributed by atoms with Crippen LogP contribution in [0, 0.1) is 15.9 Å². The number of hydrogen-bond donors (Lipinski definition) is 1. The number of carbonyl (C=O) groups excluding carboxylic acids is 1. The van der Waals surface area contributed by atoms with Gasteiger partial charge in [0.2, 0.25) is 0 Å². The summed E-state index contributed by atoms with van der Waals surface area (Å²) in [4.78, 5) is 23.0. The summed E-state index contributed by atoms with van der Waals surface area (Å²) in [6, 6.07) is 2.09. The summed E-state index contributed by atoms with van der Waals surface area (Å²) in [6.07, 6.45) is 1.53. The summed E-state index contributed by atoms with van der Waals surface area (Å²) in [5.74, 6) is -0.593. The molecule has 21 heavy (non-hydrogen) atoms. The Labute approximate surface area is 123 Å². The Hall–Kier alpha value is -2.03. The minimum atomic E-state index is -1.06. The van der Waals surface area contributed by atoms with Crippen molar-refractivity contribution in [2.75, 3.05) is 24.4 Å². The number of carbonyl (C=O) groups is 1. The lowest BCUT2D eigenvalue weighted by Gasteiger charge is -2.24. The maximum Gasteiger partial charge on any atom is 0.321 e. The summed E-state index contributed by atoms with van der Waals surface area (Å²) in [5, 5.41) is 12.8. The van der Waals surface area contributed by atoms with Crippen LogP contribution < -0.4 is 5.32 Å². The van der Waals surface area contributed by atoms with Gasteiger partial charge >= 0.3 is 6.03 Å². The van der Waals surface area contributed by atoms with E-state index in [4.69, 9.17) is 0 Å². The van der Waals surface area contributed by atoms with Crippen LogP contribution in [0.3, 0.4) is 0 Å². The highest BCUT2D eigenvalue weighted by Gasteiger charge is 2.19. The number of benzene rings is 1. The summed E-state index contributed by atoms with van der Waals surface area (Å²) < 4.78 is 24.8. The molecule has 0 saturated carbocycles. The highest BCUT2D eigenvalue weighted by molar-refractivity contribution is 7.84. The molecule has 0 spiro atoms. The summed E-state index contributed by atoms with van der Waals surface area (Å²) in [7, 11) is 0.433. The molecule has 0 aliphatic heterocycles. The Balaban J connectivity index is 2.79. The number of rotatable bonds is 5. The average molecular weight is 317 g/mol. The fourth-order valence-electron chi connectivity index (χ4n) is 1.57. The number of urea groups is 1. The molecule has 1 rings (SSSR count). The third-order valence-corrected chi connectivity index (χ3v) is 3.81. The van der Waals surface area contributed by atoms with Crippen LogP contribution in [0.2, 0.25) is 0 Å². The lowest BCUT2D eigenvalue weighted by Crippen LogP contribution is -2.41. The molecule has 0 bridgehead atoms. The molecule has 7 nitrogen and oxygen atoms in total. The van der Waals surface area contributed by atoms with Crippen molar-refractivity contribution in [3.05, 3.63) is 34.1 Å². The molecule has 1 aromatic carbocycles. The largest absolute Gasteiger partial charge is 0.324 e. The number of nitrogens with one attached hydrogen (secondary N) is 1. The Morgan fingerprint density at radius 1 is 1.57 bits per heavy atom. The molecule has 0 aromatic heterocycles. The summed E-state index contributed by atoms with van der Waals surface area (Å²) in [5.41, 5.74) is -0.545. The molecule has 2 atom stereocenters. The molecule has 0 saturated heterocycles. The van der Waals surface area contributed by atoms with Crippen molar-refractivity contribution >= 4 is 28.2 Å². The molecule has 0 heterocycles. The van der Waals surface area contributed by atoms with E-state index in [1.165, 1.54) is 18.2 Å². The first-order valence-corrected chi connectivity index (χ1v) is 7.73. The Kier molecular flexibility index (Phi) is 5.77. The first-order chi connectivity index (χ1) is 9.72. The Morgan fingerprint density at radius 3 is 2.67 bits per heavy atom. The minimum absolute atomic E-state index is 0.151. The smallest absolute Gasteiger partial charge is 0.321 e. The predicted molar refractivity (Wildman–Crippen MR) is 78.2 cm³/mol. The first-order valence-electron chi connectivity index (χ1n) is 6.00. The zero-order chi connectivity index (χ0) is 16.2. The number of anilines is 1. The van der Waals surface area contributed by atoms with E-state index in [2.05, 4.69) is 5.32 Å². The molecule has 1 N–H and O–H groups in total. The Morgan fingerprint density at radius 2 is 2.19 bits per heavy atom. The van der Waals surface area contributed by atoms with E-state index in [-0.39, 0.29) is 11.7 Å². The monoisotopic (exact) mass is 317 g/mol. The standard InChI is InChI=1S/C12H16FN3O4S/c1-8(7-21(3)20)15(2)12(17)14-11-5-4-9(16(18)19)6-10(11)13/h4-6,8H,7H2,1-3H3,(H,14,17). The van der Waals surface area contributed by atoms with Gasteiger partial charge in [-0.3, -0.25) is 14.3 Å². The summed E-state index contributed by atoms with van der Waals surface area (Å²) in [6.45, 7) is 1.72. The maximum absolute atomic E-state index is 13.7. The van der Waals surface area contributed by atoms with Crippen LogP contribution in [0.15, 0.2) is 18.2 Å². The lowest BCUT2D eigenvalue weighted by atomic mass is 10.2. The van der Waals surface area contributed by atoms with Crippen LogP contribution in [-0.4, -0.2) is 45.2 Å². The molecule has 116 valence electrons. The number of nitro benzene ring substituents is 1. The number of nitro groups is 1. The number of hydrogen-bond acceptors (Lipinski definition) is 4. The van der Waals surface area contributed by atoms with Crippen molar-refractivity contribution in [2.45, 2.75) is 13.0 Å². The maximum atomic E-state index is 13.7. The zero-order valence-electron chi connectivity index (χ0n) is 11.8. The van der Waals surface area contributed by atoms with Crippen molar-refractivity contribution in [1.82, 2.24) is 4.90 Å². The number of non-ortho nitro benzene ring substituents is 1. The third-order valence-electron chi connectivity index (χ3n) is 2.86. The van der Waals surface area contributed by atoms with Gasteiger partial charge in [0.1, 0.15) is 0 Å². The highest BCUT2D eigenvalue weighted by Crippen LogP contribution is 2.20. The van der Waals surface area contributed by atoms with Gasteiger partial charge in [0.05, 0.1) is 16.7 Å². The molecular formula is C12H16FN3O4S. The molecular weight excluding hydrogens is 301 g/mol. The van der Waals surface area contributed by atoms with Gasteiger partial charge in [0.15, 0.2) is 5.82 Å². The molecule has 0 radical (unpaired) electrons. The first kappa shape index (κ1) is 17.0. The van der Waals surface area contributed by atoms with E-state index in [0.717, 1.165) is 18.2 Å². The van der Waals surface area contributed by atoms with Gasteiger partial charge in [0.25, 0.3) is 5.69 Å². The highest BCUT2D eigenvalue weighted by atomic mass is 32.2. The predicted octanol–water partition coefficient (Wildman–Crippen LogP) is 1.96. The van der Waals surface area contributed by atoms with Gasteiger partial charge in [-0.25, -0.2) is 9.18 Å².